The molecule has 0 spiro atoms. The highest BCUT2D eigenvalue weighted by molar-refractivity contribution is 5.75. The number of allylic oxidation sites excluding steroid dienone is 8. The Bertz CT molecular complexity index is 706. The molecule has 40 heavy (non-hydrogen) atoms. The van der Waals surface area contributed by atoms with E-state index in [1.807, 2.05) is 0 Å². The first-order valence-electron chi connectivity index (χ1n) is 15.8. The molecule has 1 N–H and O–H groups in total. The number of rotatable bonds is 27. The minimum absolute atomic E-state index is 0.00550. The van der Waals surface area contributed by atoms with Crippen LogP contribution in [0.5, 0.6) is 0 Å². The molecular formula is C35H63NO4. The van der Waals surface area contributed by atoms with Crippen LogP contribution in [0.25, 0.3) is 0 Å². The molecule has 0 saturated heterocycles. The SMILES string of the molecule is CCCCC/C=C\C/C=C\C/C=C\C/C=C\CCCC(=O)NCCOCC(C)(C)COCC(C)(C)COCCC. The van der Waals surface area contributed by atoms with Crippen molar-refractivity contribution in [3.63, 3.8) is 0 Å². The first-order chi connectivity index (χ1) is 19.2. The lowest BCUT2D eigenvalue weighted by atomic mass is 9.94. The van der Waals surface area contributed by atoms with E-state index in [1.165, 1.54) is 25.7 Å². The molecule has 0 unspecified atom stereocenters. The zero-order valence-electron chi connectivity index (χ0n) is 27.0. The fourth-order valence-corrected chi connectivity index (χ4v) is 3.82. The van der Waals surface area contributed by atoms with Crippen LogP contribution in [0, 0.1) is 10.8 Å². The Morgan fingerprint density at radius 2 is 1.07 bits per heavy atom. The smallest absolute Gasteiger partial charge is 0.220 e. The van der Waals surface area contributed by atoms with Crippen LogP contribution in [0.2, 0.25) is 0 Å². The molecule has 232 valence electrons. The van der Waals surface area contributed by atoms with Crippen LogP contribution < -0.4 is 5.32 Å². The molecule has 0 aliphatic carbocycles. The second-order valence-electron chi connectivity index (χ2n) is 12.3. The zero-order valence-corrected chi connectivity index (χ0v) is 27.0. The summed E-state index contributed by atoms with van der Waals surface area (Å²) in [6.45, 7) is 17.4. The van der Waals surface area contributed by atoms with Crippen LogP contribution in [0.3, 0.4) is 0 Å². The highest BCUT2D eigenvalue weighted by atomic mass is 16.5. The van der Waals surface area contributed by atoms with Crippen molar-refractivity contribution in [2.75, 3.05) is 46.2 Å². The van der Waals surface area contributed by atoms with Gasteiger partial charge in [0.05, 0.1) is 33.0 Å². The van der Waals surface area contributed by atoms with Crippen molar-refractivity contribution >= 4 is 5.91 Å². The molecule has 0 atom stereocenters. The Morgan fingerprint density at radius 1 is 0.600 bits per heavy atom. The van der Waals surface area contributed by atoms with Gasteiger partial charge >= 0.3 is 0 Å². The summed E-state index contributed by atoms with van der Waals surface area (Å²) >= 11 is 0. The molecule has 0 aliphatic rings. The van der Waals surface area contributed by atoms with Crippen LogP contribution in [0.1, 0.15) is 112 Å². The lowest BCUT2D eigenvalue weighted by molar-refractivity contribution is -0.121. The summed E-state index contributed by atoms with van der Waals surface area (Å²) < 4.78 is 17.4. The summed E-state index contributed by atoms with van der Waals surface area (Å²) in [5, 5.41) is 2.96. The van der Waals surface area contributed by atoms with Gasteiger partial charge < -0.3 is 19.5 Å². The number of hydrogen-bond donors (Lipinski definition) is 1. The number of nitrogens with one attached hydrogen (secondary N) is 1. The number of hydrogen-bond acceptors (Lipinski definition) is 4. The van der Waals surface area contributed by atoms with Gasteiger partial charge in [0.1, 0.15) is 0 Å². The summed E-state index contributed by atoms with van der Waals surface area (Å²) in [4.78, 5) is 12.1. The average Bonchev–Trinajstić information content (AvgIpc) is 2.90. The van der Waals surface area contributed by atoms with Gasteiger partial charge in [-0.3, -0.25) is 4.79 Å². The fraction of sp³-hybridized carbons (Fsp3) is 0.743. The molecule has 5 nitrogen and oxygen atoms in total. The first kappa shape index (κ1) is 38.3. The fourth-order valence-electron chi connectivity index (χ4n) is 3.82. The first-order valence-corrected chi connectivity index (χ1v) is 15.8. The third kappa shape index (κ3) is 27.9. The third-order valence-corrected chi connectivity index (χ3v) is 6.12. The number of carbonyl (C=O) groups excluding carboxylic acids is 1. The van der Waals surface area contributed by atoms with Gasteiger partial charge in [0.2, 0.25) is 5.91 Å². The van der Waals surface area contributed by atoms with E-state index in [2.05, 4.69) is 95.5 Å². The number of unbranched alkanes of at least 4 members (excludes halogenated alkanes) is 4. The van der Waals surface area contributed by atoms with Gasteiger partial charge in [0.15, 0.2) is 0 Å². The summed E-state index contributed by atoms with van der Waals surface area (Å²) in [5.74, 6) is 0.0922. The zero-order chi connectivity index (χ0) is 29.8. The predicted molar refractivity (Wildman–Crippen MR) is 172 cm³/mol. The quantitative estimate of drug-likeness (QED) is 0.0804. The molecule has 0 aliphatic heterocycles. The van der Waals surface area contributed by atoms with E-state index >= 15 is 0 Å². The van der Waals surface area contributed by atoms with Crippen molar-refractivity contribution in [2.45, 2.75) is 112 Å². The van der Waals surface area contributed by atoms with E-state index in [4.69, 9.17) is 14.2 Å². The van der Waals surface area contributed by atoms with Crippen LogP contribution in [0.4, 0.5) is 0 Å². The summed E-state index contributed by atoms with van der Waals surface area (Å²) in [6, 6.07) is 0. The van der Waals surface area contributed by atoms with Crippen molar-refractivity contribution in [3.8, 4) is 0 Å². The normalized spacial score (nSPS) is 13.1. The molecule has 0 aromatic rings. The molecule has 0 radical (unpaired) electrons. The van der Waals surface area contributed by atoms with Crippen LogP contribution in [0.15, 0.2) is 48.6 Å². The lowest BCUT2D eigenvalue weighted by Gasteiger charge is -2.29. The molecule has 0 fully saturated rings. The molecule has 0 heterocycles. The third-order valence-electron chi connectivity index (χ3n) is 6.12. The number of carbonyl (C=O) groups is 1. The predicted octanol–water partition coefficient (Wildman–Crippen LogP) is 8.76. The molecule has 0 saturated carbocycles. The molecule has 0 aromatic heterocycles. The Balaban J connectivity index is 3.70. The van der Waals surface area contributed by atoms with Crippen molar-refractivity contribution in [1.29, 1.82) is 0 Å². The Hall–Kier alpha value is -1.69. The maximum absolute atomic E-state index is 12.1. The van der Waals surface area contributed by atoms with Crippen molar-refractivity contribution in [2.24, 2.45) is 10.8 Å². The molecule has 0 aromatic carbocycles. The summed E-state index contributed by atoms with van der Waals surface area (Å²) in [7, 11) is 0. The van der Waals surface area contributed by atoms with Crippen molar-refractivity contribution in [3.05, 3.63) is 48.6 Å². The second kappa shape index (κ2) is 26.2. The summed E-state index contributed by atoms with van der Waals surface area (Å²) in [5.41, 5.74) is -0.0705. The maximum Gasteiger partial charge on any atom is 0.220 e. The van der Waals surface area contributed by atoms with Gasteiger partial charge in [-0.15, -0.1) is 0 Å². The maximum atomic E-state index is 12.1. The largest absolute Gasteiger partial charge is 0.381 e. The molecule has 0 rings (SSSR count). The lowest BCUT2D eigenvalue weighted by Crippen LogP contribution is -2.32. The van der Waals surface area contributed by atoms with Gasteiger partial charge in [-0.2, -0.15) is 0 Å². The van der Waals surface area contributed by atoms with E-state index in [-0.39, 0.29) is 16.7 Å². The van der Waals surface area contributed by atoms with Crippen LogP contribution in [-0.4, -0.2) is 52.1 Å². The average molecular weight is 562 g/mol. The monoisotopic (exact) mass is 561 g/mol. The van der Waals surface area contributed by atoms with Gasteiger partial charge in [0.25, 0.3) is 0 Å². The van der Waals surface area contributed by atoms with E-state index in [9.17, 15) is 4.79 Å². The van der Waals surface area contributed by atoms with E-state index in [1.54, 1.807) is 0 Å². The minimum Gasteiger partial charge on any atom is -0.381 e. The van der Waals surface area contributed by atoms with Gasteiger partial charge in [-0.25, -0.2) is 0 Å². The standard InChI is InChI=1S/C35H63NO4/c1-7-9-10-11-12-13-14-15-16-17-18-19-20-21-22-23-24-25-33(37)36-26-28-39-30-35(5,6)32-40-31-34(3,4)29-38-27-8-2/h12-13,15-16,18-19,21-22H,7-11,14,17,20,23-32H2,1-6H3,(H,36,37)/b13-12-,16-15-,19-18-,22-21-. The minimum atomic E-state index is -0.0760. The highest BCUT2D eigenvalue weighted by Gasteiger charge is 2.23. The molecule has 0 bridgehead atoms. The van der Waals surface area contributed by atoms with Crippen LogP contribution >= 0.6 is 0 Å². The number of ether oxygens (including phenoxy) is 3. The highest BCUT2D eigenvalue weighted by Crippen LogP contribution is 2.20. The van der Waals surface area contributed by atoms with Gasteiger partial charge in [-0.05, 0) is 51.4 Å². The summed E-state index contributed by atoms with van der Waals surface area (Å²) in [6.07, 6.45) is 29.3. The molecule has 1 amide bonds. The Morgan fingerprint density at radius 3 is 1.60 bits per heavy atom. The van der Waals surface area contributed by atoms with Gasteiger partial charge in [-0.1, -0.05) is 103 Å². The van der Waals surface area contributed by atoms with E-state index < -0.39 is 0 Å². The number of amides is 1. The Kier molecular flexibility index (Phi) is 25.1. The second-order valence-corrected chi connectivity index (χ2v) is 12.3. The Labute approximate surface area is 247 Å². The topological polar surface area (TPSA) is 56.8 Å². The van der Waals surface area contributed by atoms with E-state index in [0.717, 1.165) is 45.1 Å². The van der Waals surface area contributed by atoms with Gasteiger partial charge in [0, 0.05) is 30.4 Å². The van der Waals surface area contributed by atoms with Crippen molar-refractivity contribution < 1.29 is 19.0 Å². The molecule has 5 heteroatoms. The van der Waals surface area contributed by atoms with Crippen LogP contribution in [-0.2, 0) is 19.0 Å². The molecular weight excluding hydrogens is 498 g/mol. The van der Waals surface area contributed by atoms with Crippen molar-refractivity contribution in [1.82, 2.24) is 5.32 Å². The van der Waals surface area contributed by atoms with E-state index in [0.29, 0.717) is 46.0 Å².